The molecule has 0 spiro atoms. The van der Waals surface area contributed by atoms with Crippen molar-refractivity contribution in [2.75, 3.05) is 0 Å². The summed E-state index contributed by atoms with van der Waals surface area (Å²) in [6, 6.07) is 14.9. The number of aliphatic hydroxyl groups is 1. The maximum absolute atomic E-state index is 13.3. The highest BCUT2D eigenvalue weighted by Crippen LogP contribution is 2.31. The Morgan fingerprint density at radius 3 is 2.70 bits per heavy atom. The lowest BCUT2D eigenvalue weighted by Crippen LogP contribution is -2.23. The Balaban J connectivity index is 1.68. The quantitative estimate of drug-likeness (QED) is 0.542. The lowest BCUT2D eigenvalue weighted by atomic mass is 10.1. The van der Waals surface area contributed by atoms with E-state index in [1.54, 1.807) is 18.2 Å². The van der Waals surface area contributed by atoms with E-state index in [-0.39, 0.29) is 12.1 Å². The molecule has 0 aliphatic heterocycles. The first kappa shape index (κ1) is 17.9. The summed E-state index contributed by atoms with van der Waals surface area (Å²) in [5, 5.41) is 11.0. The largest absolute Gasteiger partial charge is 0.387 e. The molecular weight excluding hydrogens is 387 g/mol. The van der Waals surface area contributed by atoms with E-state index in [1.807, 2.05) is 18.2 Å². The highest BCUT2D eigenvalue weighted by atomic mass is 35.5. The van der Waals surface area contributed by atoms with Crippen LogP contribution < -0.4 is 5.56 Å². The molecule has 2 aromatic heterocycles. The van der Waals surface area contributed by atoms with Gasteiger partial charge in [0.2, 0.25) is 0 Å². The van der Waals surface area contributed by atoms with Gasteiger partial charge in [-0.2, -0.15) is 0 Å². The number of aromatic nitrogens is 2. The molecule has 0 aliphatic rings. The van der Waals surface area contributed by atoms with E-state index < -0.39 is 11.9 Å². The summed E-state index contributed by atoms with van der Waals surface area (Å²) in [7, 11) is 0. The normalized spacial score (nSPS) is 12.4. The van der Waals surface area contributed by atoms with Crippen LogP contribution in [0.2, 0.25) is 5.02 Å². The summed E-state index contributed by atoms with van der Waals surface area (Å²) in [5.41, 5.74) is 1.73. The SMILES string of the molecule is O=c1c2sc(-c3ccc(Cl)cc3)cc2ncn1CC(O)c1cccc(F)c1. The molecule has 1 unspecified atom stereocenters. The van der Waals surface area contributed by atoms with Gasteiger partial charge in [-0.3, -0.25) is 9.36 Å². The van der Waals surface area contributed by atoms with Gasteiger partial charge in [-0.15, -0.1) is 11.3 Å². The molecule has 1 N–H and O–H groups in total. The molecule has 0 bridgehead atoms. The Hall–Kier alpha value is -2.54. The van der Waals surface area contributed by atoms with Crippen LogP contribution in [0.25, 0.3) is 20.7 Å². The van der Waals surface area contributed by atoms with Gasteiger partial charge < -0.3 is 5.11 Å². The molecule has 2 aromatic carbocycles. The first-order chi connectivity index (χ1) is 13.0. The van der Waals surface area contributed by atoms with Gasteiger partial charge >= 0.3 is 0 Å². The molecule has 0 fully saturated rings. The second kappa shape index (κ2) is 7.23. The summed E-state index contributed by atoms with van der Waals surface area (Å²) in [5.74, 6) is -0.432. The minimum absolute atomic E-state index is 0.000590. The minimum Gasteiger partial charge on any atom is -0.387 e. The van der Waals surface area contributed by atoms with Crippen LogP contribution in [0.15, 0.2) is 65.7 Å². The summed E-state index contributed by atoms with van der Waals surface area (Å²) >= 11 is 7.26. The van der Waals surface area contributed by atoms with Crippen molar-refractivity contribution in [3.8, 4) is 10.4 Å². The van der Waals surface area contributed by atoms with Gasteiger partial charge in [0, 0.05) is 9.90 Å². The summed E-state index contributed by atoms with van der Waals surface area (Å²) in [4.78, 5) is 18.0. The predicted octanol–water partition coefficient (Wildman–Crippen LogP) is 4.65. The first-order valence-electron chi connectivity index (χ1n) is 8.20. The van der Waals surface area contributed by atoms with Crippen LogP contribution in [0.3, 0.4) is 0 Å². The van der Waals surface area contributed by atoms with E-state index >= 15 is 0 Å². The number of aliphatic hydroxyl groups excluding tert-OH is 1. The molecule has 0 radical (unpaired) electrons. The maximum Gasteiger partial charge on any atom is 0.271 e. The summed E-state index contributed by atoms with van der Waals surface area (Å²) in [6.07, 6.45) is 0.402. The van der Waals surface area contributed by atoms with Crippen molar-refractivity contribution in [1.29, 1.82) is 0 Å². The second-order valence-corrected chi connectivity index (χ2v) is 7.59. The second-order valence-electron chi connectivity index (χ2n) is 6.10. The fourth-order valence-corrected chi connectivity index (χ4v) is 4.03. The van der Waals surface area contributed by atoms with Crippen LogP contribution in [0, 0.1) is 5.82 Å². The van der Waals surface area contributed by atoms with E-state index in [0.717, 1.165) is 10.4 Å². The average molecular weight is 401 g/mol. The van der Waals surface area contributed by atoms with Crippen molar-refractivity contribution in [1.82, 2.24) is 9.55 Å². The minimum atomic E-state index is -1.01. The van der Waals surface area contributed by atoms with Crippen molar-refractivity contribution in [3.63, 3.8) is 0 Å². The Bertz CT molecular complexity index is 1170. The van der Waals surface area contributed by atoms with Crippen molar-refractivity contribution < 1.29 is 9.50 Å². The molecule has 4 nitrogen and oxygen atoms in total. The fourth-order valence-electron chi connectivity index (χ4n) is 2.84. The number of thiophene rings is 1. The number of halogens is 2. The third-order valence-corrected chi connectivity index (χ3v) is 5.65. The molecule has 27 heavy (non-hydrogen) atoms. The number of hydrogen-bond acceptors (Lipinski definition) is 4. The Labute approximate surface area is 163 Å². The molecule has 4 aromatic rings. The van der Waals surface area contributed by atoms with Gasteiger partial charge in [-0.25, -0.2) is 9.37 Å². The van der Waals surface area contributed by atoms with Crippen LogP contribution in [0.5, 0.6) is 0 Å². The van der Waals surface area contributed by atoms with Crippen LogP contribution in [0.4, 0.5) is 4.39 Å². The topological polar surface area (TPSA) is 55.1 Å². The maximum atomic E-state index is 13.3. The van der Waals surface area contributed by atoms with Crippen LogP contribution >= 0.6 is 22.9 Å². The number of benzene rings is 2. The molecule has 1 atom stereocenters. The molecule has 7 heteroatoms. The summed E-state index contributed by atoms with van der Waals surface area (Å²) < 4.78 is 15.2. The summed E-state index contributed by atoms with van der Waals surface area (Å²) in [6.45, 7) is -0.000590. The van der Waals surface area contributed by atoms with E-state index in [2.05, 4.69) is 4.98 Å². The number of nitrogens with zero attached hydrogens (tertiary/aromatic N) is 2. The third kappa shape index (κ3) is 3.64. The fraction of sp³-hybridized carbons (Fsp3) is 0.100. The van der Waals surface area contributed by atoms with Gasteiger partial charge in [0.15, 0.2) is 0 Å². The molecule has 2 heterocycles. The van der Waals surface area contributed by atoms with Gasteiger partial charge in [-0.05, 0) is 41.5 Å². The molecule has 0 saturated carbocycles. The lowest BCUT2D eigenvalue weighted by molar-refractivity contribution is 0.154. The highest BCUT2D eigenvalue weighted by Gasteiger charge is 2.14. The molecule has 4 rings (SSSR count). The van der Waals surface area contributed by atoms with Gasteiger partial charge in [0.05, 0.1) is 24.5 Å². The highest BCUT2D eigenvalue weighted by molar-refractivity contribution is 7.22. The van der Waals surface area contributed by atoms with E-state index in [1.165, 1.54) is 40.4 Å². The standard InChI is InChI=1S/C20H14ClFN2O2S/c21-14-6-4-12(5-7-14)18-9-16-19(27-18)20(26)24(11-23-16)10-17(25)13-2-1-3-15(22)8-13/h1-9,11,17,25H,10H2. The van der Waals surface area contributed by atoms with Crippen molar-refractivity contribution in [3.05, 3.63) is 87.7 Å². The third-order valence-electron chi connectivity index (χ3n) is 4.24. The van der Waals surface area contributed by atoms with Crippen molar-refractivity contribution in [2.24, 2.45) is 0 Å². The molecule has 0 saturated heterocycles. The van der Waals surface area contributed by atoms with E-state index in [4.69, 9.17) is 11.6 Å². The average Bonchev–Trinajstić information content (AvgIpc) is 3.10. The smallest absolute Gasteiger partial charge is 0.271 e. The van der Waals surface area contributed by atoms with Gasteiger partial charge in [0.25, 0.3) is 5.56 Å². The van der Waals surface area contributed by atoms with Crippen LogP contribution in [0.1, 0.15) is 11.7 Å². The van der Waals surface area contributed by atoms with E-state index in [9.17, 15) is 14.3 Å². The van der Waals surface area contributed by atoms with Crippen LogP contribution in [-0.2, 0) is 6.54 Å². The molecular formula is C20H14ClFN2O2S. The van der Waals surface area contributed by atoms with Gasteiger partial charge in [0.1, 0.15) is 10.5 Å². The van der Waals surface area contributed by atoms with Gasteiger partial charge in [-0.1, -0.05) is 35.9 Å². The van der Waals surface area contributed by atoms with E-state index in [0.29, 0.717) is 20.8 Å². The Morgan fingerprint density at radius 1 is 1.19 bits per heavy atom. The lowest BCUT2D eigenvalue weighted by Gasteiger charge is -2.12. The predicted molar refractivity (Wildman–Crippen MR) is 106 cm³/mol. The zero-order valence-electron chi connectivity index (χ0n) is 14.0. The number of hydrogen-bond donors (Lipinski definition) is 1. The van der Waals surface area contributed by atoms with Crippen LogP contribution in [-0.4, -0.2) is 14.7 Å². The number of fused-ring (bicyclic) bond motifs is 1. The molecule has 136 valence electrons. The Morgan fingerprint density at radius 2 is 1.96 bits per heavy atom. The van der Waals surface area contributed by atoms with Crippen molar-refractivity contribution in [2.45, 2.75) is 12.6 Å². The first-order valence-corrected chi connectivity index (χ1v) is 9.39. The zero-order chi connectivity index (χ0) is 19.0. The van der Waals surface area contributed by atoms with Crippen molar-refractivity contribution >= 4 is 33.2 Å². The monoisotopic (exact) mass is 400 g/mol. The Kier molecular flexibility index (Phi) is 4.78. The number of rotatable bonds is 4. The zero-order valence-corrected chi connectivity index (χ0v) is 15.5. The molecule has 0 amide bonds. The molecule has 0 aliphatic carbocycles.